The average Bonchev–Trinajstić information content (AvgIpc) is 3.18. The number of thioether (sulfide) groups is 1. The second-order valence-corrected chi connectivity index (χ2v) is 9.08. The third-order valence-corrected chi connectivity index (χ3v) is 6.24. The molecule has 0 aromatic heterocycles. The van der Waals surface area contributed by atoms with Crippen LogP contribution in [-0.2, 0) is 11.4 Å². The third-order valence-electron chi connectivity index (χ3n) is 5.05. The smallest absolute Gasteiger partial charge is 0.335 e. The number of amidine groups is 1. The van der Waals surface area contributed by atoms with Gasteiger partial charge in [0.05, 0.1) is 28.3 Å². The fraction of sp³-hybridized carbons (Fsp3) is 0.115. The summed E-state index contributed by atoms with van der Waals surface area (Å²) in [5.41, 5.74) is 3.52. The Balaban J connectivity index is 1.50. The second kappa shape index (κ2) is 10.7. The number of carboxylic acids is 1. The van der Waals surface area contributed by atoms with Crippen molar-refractivity contribution in [3.63, 3.8) is 0 Å². The Morgan fingerprint density at radius 2 is 1.86 bits per heavy atom. The molecule has 3 aromatic carbocycles. The highest BCUT2D eigenvalue weighted by molar-refractivity contribution is 8.18. The van der Waals surface area contributed by atoms with Crippen molar-refractivity contribution in [2.75, 3.05) is 7.11 Å². The van der Waals surface area contributed by atoms with E-state index in [4.69, 9.17) is 26.2 Å². The molecule has 1 aliphatic rings. The highest BCUT2D eigenvalue weighted by Gasteiger charge is 2.24. The number of halogens is 1. The topological polar surface area (TPSA) is 97.2 Å². The van der Waals surface area contributed by atoms with Crippen molar-refractivity contribution < 1.29 is 24.2 Å². The summed E-state index contributed by atoms with van der Waals surface area (Å²) < 4.78 is 11.3. The second-order valence-electron chi connectivity index (χ2n) is 7.64. The summed E-state index contributed by atoms with van der Waals surface area (Å²) in [6, 6.07) is 17.5. The average molecular weight is 509 g/mol. The Labute approximate surface area is 211 Å². The van der Waals surface area contributed by atoms with Gasteiger partial charge in [0.25, 0.3) is 5.91 Å². The van der Waals surface area contributed by atoms with Gasteiger partial charge in [0.15, 0.2) is 16.7 Å². The van der Waals surface area contributed by atoms with Crippen LogP contribution in [0.25, 0.3) is 6.08 Å². The molecule has 3 aromatic rings. The molecular formula is C26H21ClN2O5S. The van der Waals surface area contributed by atoms with Gasteiger partial charge in [-0.2, -0.15) is 0 Å². The molecule has 4 rings (SSSR count). The van der Waals surface area contributed by atoms with Crippen molar-refractivity contribution in [1.82, 2.24) is 5.32 Å². The standard InChI is InChI=1S/C26H21ClN2O5S/c1-15-3-9-19(10-4-15)28-26-29-24(30)22(35-26)13-17-11-20(27)23(21(12-17)33-2)34-14-16-5-7-18(8-6-16)25(31)32/h3-13H,14H2,1-2H3,(H,31,32)(H,28,29,30)/b22-13-. The molecule has 2 N–H and O–H groups in total. The summed E-state index contributed by atoms with van der Waals surface area (Å²) in [4.78, 5) is 28.4. The lowest BCUT2D eigenvalue weighted by Crippen LogP contribution is -2.19. The molecule has 1 saturated heterocycles. The lowest BCUT2D eigenvalue weighted by Gasteiger charge is -2.13. The molecule has 9 heteroatoms. The van der Waals surface area contributed by atoms with Crippen LogP contribution in [0.3, 0.4) is 0 Å². The maximum absolute atomic E-state index is 12.5. The maximum atomic E-state index is 12.5. The minimum absolute atomic E-state index is 0.174. The zero-order valence-electron chi connectivity index (χ0n) is 18.9. The Kier molecular flexibility index (Phi) is 7.43. The lowest BCUT2D eigenvalue weighted by molar-refractivity contribution is -0.115. The summed E-state index contributed by atoms with van der Waals surface area (Å²) in [5, 5.41) is 12.6. The maximum Gasteiger partial charge on any atom is 0.335 e. The quantitative estimate of drug-likeness (QED) is 0.390. The van der Waals surface area contributed by atoms with Crippen LogP contribution in [-0.4, -0.2) is 29.3 Å². The van der Waals surface area contributed by atoms with E-state index >= 15 is 0 Å². The van der Waals surface area contributed by atoms with E-state index in [0.29, 0.717) is 32.2 Å². The Morgan fingerprint density at radius 1 is 1.14 bits per heavy atom. The first kappa shape index (κ1) is 24.4. The van der Waals surface area contributed by atoms with Gasteiger partial charge in [0, 0.05) is 0 Å². The zero-order valence-corrected chi connectivity index (χ0v) is 20.4. The lowest BCUT2D eigenvalue weighted by atomic mass is 10.1. The number of aryl methyl sites for hydroxylation is 1. The van der Waals surface area contributed by atoms with Crippen molar-refractivity contribution in [2.24, 2.45) is 4.99 Å². The largest absolute Gasteiger partial charge is 0.493 e. The van der Waals surface area contributed by atoms with E-state index in [-0.39, 0.29) is 18.1 Å². The molecule has 178 valence electrons. The Hall–Kier alpha value is -3.75. The SMILES string of the molecule is COc1cc(/C=C2\SC(=Nc3ccc(C)cc3)NC2=O)cc(Cl)c1OCc1ccc(C(=O)O)cc1. The summed E-state index contributed by atoms with van der Waals surface area (Å²) in [6.45, 7) is 2.17. The highest BCUT2D eigenvalue weighted by Crippen LogP contribution is 2.38. The molecule has 35 heavy (non-hydrogen) atoms. The number of benzene rings is 3. The van der Waals surface area contributed by atoms with Gasteiger partial charge in [-0.15, -0.1) is 0 Å². The number of aromatic carboxylic acids is 1. The number of aliphatic imine (C=N–C) groups is 1. The summed E-state index contributed by atoms with van der Waals surface area (Å²) in [6.07, 6.45) is 1.71. The molecule has 0 radical (unpaired) electrons. The van der Waals surface area contributed by atoms with E-state index in [9.17, 15) is 9.59 Å². The molecule has 0 unspecified atom stereocenters. The summed E-state index contributed by atoms with van der Waals surface area (Å²) in [5.74, 6) is -0.483. The molecule has 1 heterocycles. The number of amides is 1. The molecule has 7 nitrogen and oxygen atoms in total. The van der Waals surface area contributed by atoms with Gasteiger partial charge < -0.3 is 19.9 Å². The first-order valence-corrected chi connectivity index (χ1v) is 11.7. The minimum atomic E-state index is -0.991. The molecular weight excluding hydrogens is 488 g/mol. The predicted octanol–water partition coefficient (Wildman–Crippen LogP) is 5.83. The van der Waals surface area contributed by atoms with Crippen molar-refractivity contribution in [3.8, 4) is 11.5 Å². The molecule has 1 amide bonds. The van der Waals surface area contributed by atoms with E-state index in [2.05, 4.69) is 10.3 Å². The van der Waals surface area contributed by atoms with Crippen LogP contribution >= 0.6 is 23.4 Å². The van der Waals surface area contributed by atoms with Crippen LogP contribution in [0.5, 0.6) is 11.5 Å². The van der Waals surface area contributed by atoms with Gasteiger partial charge in [-0.05, 0) is 72.3 Å². The number of rotatable bonds is 7. The number of methoxy groups -OCH3 is 1. The van der Waals surface area contributed by atoms with E-state index in [1.807, 2.05) is 31.2 Å². The fourth-order valence-electron chi connectivity index (χ4n) is 3.23. The van der Waals surface area contributed by atoms with Gasteiger partial charge in [-0.3, -0.25) is 4.79 Å². The van der Waals surface area contributed by atoms with Crippen LogP contribution < -0.4 is 14.8 Å². The van der Waals surface area contributed by atoms with Crippen molar-refractivity contribution in [2.45, 2.75) is 13.5 Å². The number of hydrogen-bond donors (Lipinski definition) is 2. The monoisotopic (exact) mass is 508 g/mol. The number of carboxylic acid groups (broad SMARTS) is 1. The zero-order chi connectivity index (χ0) is 24.9. The molecule has 0 spiro atoms. The van der Waals surface area contributed by atoms with Crippen molar-refractivity contribution >= 4 is 52.2 Å². The van der Waals surface area contributed by atoms with Crippen LogP contribution in [0.1, 0.15) is 27.0 Å². The van der Waals surface area contributed by atoms with Crippen molar-refractivity contribution in [3.05, 3.63) is 92.8 Å². The Bertz CT molecular complexity index is 1340. The number of nitrogens with one attached hydrogen (secondary N) is 1. The predicted molar refractivity (Wildman–Crippen MR) is 138 cm³/mol. The van der Waals surface area contributed by atoms with Gasteiger partial charge in [-0.25, -0.2) is 9.79 Å². The molecule has 0 bridgehead atoms. The molecule has 0 saturated carbocycles. The van der Waals surface area contributed by atoms with Crippen LogP contribution in [0, 0.1) is 6.92 Å². The van der Waals surface area contributed by atoms with Crippen LogP contribution in [0.15, 0.2) is 70.6 Å². The minimum Gasteiger partial charge on any atom is -0.493 e. The highest BCUT2D eigenvalue weighted by atomic mass is 35.5. The van der Waals surface area contributed by atoms with E-state index < -0.39 is 5.97 Å². The van der Waals surface area contributed by atoms with E-state index in [0.717, 1.165) is 16.8 Å². The number of carbonyl (C=O) groups is 2. The molecule has 0 atom stereocenters. The number of ether oxygens (including phenoxy) is 2. The van der Waals surface area contributed by atoms with Crippen LogP contribution in [0.2, 0.25) is 5.02 Å². The van der Waals surface area contributed by atoms with Gasteiger partial charge in [-0.1, -0.05) is 41.4 Å². The third kappa shape index (κ3) is 6.03. The molecule has 1 aliphatic heterocycles. The fourth-order valence-corrected chi connectivity index (χ4v) is 4.35. The summed E-state index contributed by atoms with van der Waals surface area (Å²) in [7, 11) is 1.50. The Morgan fingerprint density at radius 3 is 2.51 bits per heavy atom. The van der Waals surface area contributed by atoms with Gasteiger partial charge in [0.1, 0.15) is 6.61 Å². The van der Waals surface area contributed by atoms with Crippen molar-refractivity contribution in [1.29, 1.82) is 0 Å². The normalized spacial score (nSPS) is 15.3. The number of hydrogen-bond acceptors (Lipinski definition) is 6. The number of nitrogens with zero attached hydrogens (tertiary/aromatic N) is 1. The van der Waals surface area contributed by atoms with Gasteiger partial charge in [0.2, 0.25) is 0 Å². The van der Waals surface area contributed by atoms with E-state index in [1.165, 1.54) is 31.0 Å². The first-order valence-electron chi connectivity index (χ1n) is 10.5. The molecule has 0 aliphatic carbocycles. The number of carbonyl (C=O) groups excluding carboxylic acids is 1. The van der Waals surface area contributed by atoms with Crippen LogP contribution in [0.4, 0.5) is 5.69 Å². The van der Waals surface area contributed by atoms with Gasteiger partial charge >= 0.3 is 5.97 Å². The summed E-state index contributed by atoms with van der Waals surface area (Å²) >= 11 is 7.71. The van der Waals surface area contributed by atoms with E-state index in [1.54, 1.807) is 30.3 Å². The molecule has 1 fully saturated rings. The first-order chi connectivity index (χ1) is 16.8.